The van der Waals surface area contributed by atoms with Crippen molar-refractivity contribution in [2.75, 3.05) is 0 Å². The van der Waals surface area contributed by atoms with Gasteiger partial charge in [-0.15, -0.1) is 0 Å². The first-order chi connectivity index (χ1) is 11.2. The molecule has 0 unspecified atom stereocenters. The second-order valence-electron chi connectivity index (χ2n) is 5.12. The minimum Gasteiger partial charge on any atom is -0.427 e. The van der Waals surface area contributed by atoms with E-state index in [1.807, 2.05) is 54.6 Å². The molecule has 0 saturated heterocycles. The number of rotatable bonds is 3. The largest absolute Gasteiger partial charge is 0.427 e. The first kappa shape index (κ1) is 15.1. The summed E-state index contributed by atoms with van der Waals surface area (Å²) in [7, 11) is -2.51. The molecule has 0 saturated carbocycles. The van der Waals surface area contributed by atoms with E-state index in [-0.39, 0.29) is 4.64 Å². The van der Waals surface area contributed by atoms with Gasteiger partial charge in [0.15, 0.2) is 0 Å². The molecule has 0 aliphatic rings. The van der Waals surface area contributed by atoms with Crippen LogP contribution in [0.15, 0.2) is 72.9 Å². The summed E-state index contributed by atoms with van der Waals surface area (Å²) >= 11 is 0. The van der Waals surface area contributed by atoms with Gasteiger partial charge in [-0.05, 0) is 28.3 Å². The molecule has 2 aromatic carbocycles. The lowest BCUT2D eigenvalue weighted by molar-refractivity contribution is 0.179. The number of hydrogen-bond acceptors (Lipinski definition) is 3. The van der Waals surface area contributed by atoms with Crippen molar-refractivity contribution in [3.63, 3.8) is 0 Å². The molecule has 116 valence electrons. The smallest absolute Gasteiger partial charge is 0.242 e. The zero-order valence-electron chi connectivity index (χ0n) is 12.3. The Morgan fingerprint density at radius 3 is 2.22 bits per heavy atom. The van der Waals surface area contributed by atoms with Gasteiger partial charge in [-0.25, -0.2) is 0 Å². The van der Waals surface area contributed by atoms with Crippen molar-refractivity contribution >= 4 is 10.3 Å². The molecular weight excluding hydrogens is 310 g/mol. The summed E-state index contributed by atoms with van der Waals surface area (Å²) in [5, 5.41) is 9.75. The predicted molar refractivity (Wildman–Crippen MR) is 88.5 cm³/mol. The summed E-state index contributed by atoms with van der Waals surface area (Å²) < 4.78 is 23.3. The number of pyridine rings is 1. The number of benzene rings is 2. The molecule has 0 amide bonds. The van der Waals surface area contributed by atoms with E-state index in [9.17, 15) is 13.6 Å². The summed E-state index contributed by atoms with van der Waals surface area (Å²) in [5.74, 6) is 0. The highest BCUT2D eigenvalue weighted by atomic mass is 32.2. The third kappa shape index (κ3) is 3.19. The van der Waals surface area contributed by atoms with Crippen molar-refractivity contribution < 1.29 is 13.6 Å². The molecule has 3 aromatic rings. The molecule has 1 aromatic heterocycles. The maximum Gasteiger partial charge on any atom is 0.242 e. The molecule has 5 heteroatoms. The van der Waals surface area contributed by atoms with Crippen molar-refractivity contribution in [3.05, 3.63) is 88.7 Å². The summed E-state index contributed by atoms with van der Waals surface area (Å²) in [6.07, 6.45) is 1.72. The van der Waals surface area contributed by atoms with Crippen LogP contribution in [0.4, 0.5) is 0 Å². The van der Waals surface area contributed by atoms with Crippen LogP contribution in [0.3, 0.4) is 0 Å². The van der Waals surface area contributed by atoms with Crippen LogP contribution in [0.5, 0.6) is 0 Å². The lowest BCUT2D eigenvalue weighted by Crippen LogP contribution is -2.02. The molecule has 23 heavy (non-hydrogen) atoms. The van der Waals surface area contributed by atoms with Gasteiger partial charge in [0.05, 0.1) is 0 Å². The maximum absolute atomic E-state index is 11.4. The van der Waals surface area contributed by atoms with Gasteiger partial charge >= 0.3 is 0 Å². The Morgan fingerprint density at radius 2 is 1.48 bits per heavy atom. The first-order valence-corrected chi connectivity index (χ1v) is 8.19. The van der Waals surface area contributed by atoms with Gasteiger partial charge in [-0.2, -0.15) is 13.1 Å². The number of aromatic nitrogens is 1. The summed E-state index contributed by atoms with van der Waals surface area (Å²) in [6.45, 7) is 0. The van der Waals surface area contributed by atoms with E-state index < -0.39 is 10.3 Å². The van der Waals surface area contributed by atoms with Gasteiger partial charge in [0.25, 0.3) is 0 Å². The Kier molecular flexibility index (Phi) is 4.30. The third-order valence-corrected chi connectivity index (χ3v) is 4.41. The van der Waals surface area contributed by atoms with Crippen LogP contribution in [0.2, 0.25) is 0 Å². The standard InChI is InChI=1S/C18H15NO3S/c20-19-12-6-10-16(18(19)23(21)22)13-15-9-4-5-11-17(15)14-7-2-1-3-8-14/h1-12,20H,13H2. The Hall–Kier alpha value is -2.79. The van der Waals surface area contributed by atoms with Crippen LogP contribution >= 0.6 is 0 Å². The topological polar surface area (TPSA) is 59.3 Å². The van der Waals surface area contributed by atoms with Gasteiger partial charge in [0.2, 0.25) is 14.9 Å². The molecule has 0 spiro atoms. The van der Waals surface area contributed by atoms with E-state index in [0.29, 0.717) is 16.7 Å². The molecule has 0 aliphatic heterocycles. The Balaban J connectivity index is 2.14. The van der Waals surface area contributed by atoms with Crippen molar-refractivity contribution in [1.82, 2.24) is 4.73 Å². The van der Waals surface area contributed by atoms with Crippen LogP contribution in [-0.2, 0) is 16.7 Å². The quantitative estimate of drug-likeness (QED) is 0.593. The van der Waals surface area contributed by atoms with Crippen LogP contribution in [0, 0.1) is 4.64 Å². The normalized spacial score (nSPS) is 10.4. The van der Waals surface area contributed by atoms with Gasteiger partial charge in [-0.3, -0.25) is 0 Å². The monoisotopic (exact) mass is 325 g/mol. The number of nitrogens with zero attached hydrogens (tertiary/aromatic N) is 1. The Morgan fingerprint density at radius 1 is 0.826 bits per heavy atom. The highest BCUT2D eigenvalue weighted by Gasteiger charge is 2.08. The fourth-order valence-corrected chi connectivity index (χ4v) is 3.19. The van der Waals surface area contributed by atoms with Gasteiger partial charge in [0, 0.05) is 12.6 Å². The van der Waals surface area contributed by atoms with Crippen molar-refractivity contribution in [2.45, 2.75) is 6.42 Å². The van der Waals surface area contributed by atoms with Crippen LogP contribution in [-0.4, -0.2) is 18.4 Å². The van der Waals surface area contributed by atoms with Crippen molar-refractivity contribution in [1.29, 1.82) is 0 Å². The molecular formula is C18H15NO3S. The van der Waals surface area contributed by atoms with Gasteiger partial charge in [-0.1, -0.05) is 60.7 Å². The minimum absolute atomic E-state index is 0.115. The SMILES string of the molecule is O=S(=O)=c1c(Cc2ccccc2-c2ccccc2)cccn1O. The average Bonchev–Trinajstić information content (AvgIpc) is 2.56. The van der Waals surface area contributed by atoms with Gasteiger partial charge < -0.3 is 5.21 Å². The molecule has 0 atom stereocenters. The minimum atomic E-state index is -2.51. The highest BCUT2D eigenvalue weighted by Crippen LogP contribution is 2.25. The molecule has 4 nitrogen and oxygen atoms in total. The second-order valence-corrected chi connectivity index (χ2v) is 5.97. The van der Waals surface area contributed by atoms with Crippen molar-refractivity contribution in [2.24, 2.45) is 0 Å². The fourth-order valence-electron chi connectivity index (χ4n) is 2.62. The van der Waals surface area contributed by atoms with E-state index >= 15 is 0 Å². The van der Waals surface area contributed by atoms with Crippen molar-refractivity contribution in [3.8, 4) is 11.1 Å². The summed E-state index contributed by atoms with van der Waals surface area (Å²) in [6, 6.07) is 21.1. The van der Waals surface area contributed by atoms with E-state index in [1.165, 1.54) is 6.20 Å². The number of hydrogen-bond donors (Lipinski definition) is 1. The first-order valence-electron chi connectivity index (χ1n) is 7.12. The van der Waals surface area contributed by atoms with E-state index in [0.717, 1.165) is 16.7 Å². The molecule has 1 heterocycles. The molecule has 0 fully saturated rings. The molecule has 0 radical (unpaired) electrons. The zero-order chi connectivity index (χ0) is 16.2. The zero-order valence-corrected chi connectivity index (χ0v) is 13.1. The molecule has 0 bridgehead atoms. The molecule has 0 aliphatic carbocycles. The van der Waals surface area contributed by atoms with E-state index in [1.54, 1.807) is 12.1 Å². The predicted octanol–water partition coefficient (Wildman–Crippen LogP) is 3.39. The van der Waals surface area contributed by atoms with Crippen LogP contribution in [0.25, 0.3) is 11.1 Å². The Bertz CT molecular complexity index is 998. The highest BCUT2D eigenvalue weighted by molar-refractivity contribution is 7.63. The maximum atomic E-state index is 11.4. The lowest BCUT2D eigenvalue weighted by Gasteiger charge is -2.10. The molecule has 1 N–H and O–H groups in total. The average molecular weight is 325 g/mol. The summed E-state index contributed by atoms with van der Waals surface area (Å²) in [4.78, 5) is 0. The lowest BCUT2D eigenvalue weighted by atomic mass is 9.95. The van der Waals surface area contributed by atoms with Gasteiger partial charge in [0.1, 0.15) is 0 Å². The molecule has 3 rings (SSSR count). The van der Waals surface area contributed by atoms with E-state index in [4.69, 9.17) is 0 Å². The fraction of sp³-hybridized carbons (Fsp3) is 0.0556. The second kappa shape index (κ2) is 6.54. The van der Waals surface area contributed by atoms with Crippen LogP contribution in [0.1, 0.15) is 11.1 Å². The third-order valence-electron chi connectivity index (χ3n) is 3.65. The summed E-state index contributed by atoms with van der Waals surface area (Å²) in [5.41, 5.74) is 3.66. The van der Waals surface area contributed by atoms with E-state index in [2.05, 4.69) is 0 Å². The van der Waals surface area contributed by atoms with Crippen LogP contribution < -0.4 is 0 Å². The Labute approximate surface area is 135 Å².